The van der Waals surface area contributed by atoms with Gasteiger partial charge in [-0.05, 0) is 47.9 Å². The number of aliphatic imine (C=N–C) groups is 2. The van der Waals surface area contributed by atoms with Gasteiger partial charge in [0, 0.05) is 35.6 Å². The fourth-order valence-electron chi connectivity index (χ4n) is 4.91. The lowest BCUT2D eigenvalue weighted by atomic mass is 10.1. The number of thioether (sulfide) groups is 1. The Labute approximate surface area is 240 Å². The number of para-hydroxylation sites is 2. The number of fused-ring (bicyclic) bond motifs is 4. The molecule has 0 spiro atoms. The lowest BCUT2D eigenvalue weighted by molar-refractivity contribution is -0.124. The number of carbonyl (C=O) groups is 2. The van der Waals surface area contributed by atoms with E-state index >= 15 is 0 Å². The van der Waals surface area contributed by atoms with E-state index in [9.17, 15) is 18.0 Å². The summed E-state index contributed by atoms with van der Waals surface area (Å²) in [5.41, 5.74) is 4.37. The number of aromatic amines is 1. The normalized spacial score (nSPS) is 16.3. The predicted molar refractivity (Wildman–Crippen MR) is 160 cm³/mol. The molecule has 208 valence electrons. The van der Waals surface area contributed by atoms with Gasteiger partial charge in [0.05, 0.1) is 16.3 Å². The zero-order valence-corrected chi connectivity index (χ0v) is 23.4. The molecule has 12 heteroatoms. The smallest absolute Gasteiger partial charge is 0.259 e. The monoisotopic (exact) mass is 586 g/mol. The van der Waals surface area contributed by atoms with Crippen LogP contribution in [0.25, 0.3) is 10.9 Å². The Hall–Kier alpha value is -4.26. The van der Waals surface area contributed by atoms with Crippen molar-refractivity contribution in [1.29, 1.82) is 0 Å². The molecule has 0 saturated heterocycles. The van der Waals surface area contributed by atoms with E-state index in [4.69, 9.17) is 15.1 Å². The first kappa shape index (κ1) is 26.9. The van der Waals surface area contributed by atoms with Gasteiger partial charge in [-0.2, -0.15) is 0 Å². The molecule has 6 rings (SSSR count). The number of benzene rings is 3. The molecule has 0 bridgehead atoms. The Morgan fingerprint density at radius 2 is 1.80 bits per heavy atom. The minimum absolute atomic E-state index is 0.0413. The van der Waals surface area contributed by atoms with E-state index in [1.807, 2.05) is 54.7 Å². The second-order valence-electron chi connectivity index (χ2n) is 9.69. The number of amides is 2. The number of primary sulfonamides is 1. The van der Waals surface area contributed by atoms with Gasteiger partial charge in [-0.15, -0.1) is 0 Å². The van der Waals surface area contributed by atoms with Crippen LogP contribution in [0, 0.1) is 0 Å². The fourth-order valence-corrected chi connectivity index (χ4v) is 6.26. The van der Waals surface area contributed by atoms with Crippen LogP contribution in [0.1, 0.15) is 16.7 Å². The third-order valence-corrected chi connectivity index (χ3v) is 8.82. The Kier molecular flexibility index (Phi) is 7.20. The Morgan fingerprint density at radius 1 is 1.05 bits per heavy atom. The molecule has 2 aliphatic heterocycles. The topological polar surface area (TPSA) is 150 Å². The van der Waals surface area contributed by atoms with Gasteiger partial charge in [-0.1, -0.05) is 54.2 Å². The van der Waals surface area contributed by atoms with E-state index in [0.29, 0.717) is 36.1 Å². The van der Waals surface area contributed by atoms with Crippen molar-refractivity contribution in [3.05, 3.63) is 95.7 Å². The van der Waals surface area contributed by atoms with Crippen molar-refractivity contribution < 1.29 is 18.0 Å². The summed E-state index contributed by atoms with van der Waals surface area (Å²) in [5, 5.41) is 9.48. The van der Waals surface area contributed by atoms with Gasteiger partial charge in [0.15, 0.2) is 5.17 Å². The van der Waals surface area contributed by atoms with Gasteiger partial charge < -0.3 is 10.3 Å². The second kappa shape index (κ2) is 11.0. The van der Waals surface area contributed by atoms with Gasteiger partial charge in [0.2, 0.25) is 15.9 Å². The van der Waals surface area contributed by atoms with Gasteiger partial charge in [0.1, 0.15) is 11.9 Å². The first-order valence-corrected chi connectivity index (χ1v) is 15.5. The van der Waals surface area contributed by atoms with Crippen molar-refractivity contribution in [2.24, 2.45) is 15.1 Å². The summed E-state index contributed by atoms with van der Waals surface area (Å²) < 4.78 is 22.8. The third-order valence-electron chi connectivity index (χ3n) is 6.96. The molecule has 0 saturated carbocycles. The zero-order valence-electron chi connectivity index (χ0n) is 21.8. The number of nitrogens with zero attached hydrogens (tertiary/aromatic N) is 3. The summed E-state index contributed by atoms with van der Waals surface area (Å²) in [6.45, 7) is 0.367. The van der Waals surface area contributed by atoms with Crippen LogP contribution in [0.5, 0.6) is 0 Å². The molecular weight excluding hydrogens is 560 g/mol. The SMILES string of the molecule is NS(=O)(=O)c1ccc(CCNC(=O)CSC2=Nc3ccccc3C3=NC(Cc4c[nH]c5ccccc45)C(=O)N23)cc1. The molecule has 1 atom stereocenters. The summed E-state index contributed by atoms with van der Waals surface area (Å²) in [6, 6.07) is 21.1. The molecule has 3 heterocycles. The maximum absolute atomic E-state index is 13.6. The molecular formula is C29H26N6O4S2. The average Bonchev–Trinajstić information content (AvgIpc) is 3.53. The van der Waals surface area contributed by atoms with E-state index in [2.05, 4.69) is 10.3 Å². The van der Waals surface area contributed by atoms with Gasteiger partial charge in [0.25, 0.3) is 5.91 Å². The Balaban J connectivity index is 1.12. The van der Waals surface area contributed by atoms with Crippen molar-refractivity contribution in [3.8, 4) is 0 Å². The predicted octanol–water partition coefficient (Wildman–Crippen LogP) is 3.11. The molecule has 0 radical (unpaired) electrons. The fraction of sp³-hybridized carbons (Fsp3) is 0.172. The molecule has 41 heavy (non-hydrogen) atoms. The molecule has 0 aliphatic carbocycles. The number of hydrogen-bond donors (Lipinski definition) is 3. The van der Waals surface area contributed by atoms with Crippen LogP contribution >= 0.6 is 11.8 Å². The summed E-state index contributed by atoms with van der Waals surface area (Å²) >= 11 is 1.19. The highest BCUT2D eigenvalue weighted by molar-refractivity contribution is 8.14. The maximum Gasteiger partial charge on any atom is 0.259 e. The van der Waals surface area contributed by atoms with E-state index in [1.165, 1.54) is 28.8 Å². The molecule has 1 aromatic heterocycles. The number of aromatic nitrogens is 1. The van der Waals surface area contributed by atoms with Crippen molar-refractivity contribution in [1.82, 2.24) is 15.2 Å². The van der Waals surface area contributed by atoms with Crippen molar-refractivity contribution in [3.63, 3.8) is 0 Å². The van der Waals surface area contributed by atoms with E-state index < -0.39 is 16.1 Å². The second-order valence-corrected chi connectivity index (χ2v) is 12.2. The van der Waals surface area contributed by atoms with E-state index in [1.54, 1.807) is 12.1 Å². The quantitative estimate of drug-likeness (QED) is 0.290. The number of rotatable bonds is 8. The zero-order chi connectivity index (χ0) is 28.6. The molecule has 4 aromatic rings. The Morgan fingerprint density at radius 3 is 2.61 bits per heavy atom. The van der Waals surface area contributed by atoms with Crippen molar-refractivity contribution >= 4 is 61.2 Å². The molecule has 1 unspecified atom stereocenters. The van der Waals surface area contributed by atoms with Crippen molar-refractivity contribution in [2.45, 2.75) is 23.8 Å². The number of nitrogens with two attached hydrogens (primary N) is 1. The van der Waals surface area contributed by atoms with Crippen LogP contribution in [0.2, 0.25) is 0 Å². The van der Waals surface area contributed by atoms with Crippen LogP contribution in [0.15, 0.2) is 93.9 Å². The molecule has 2 aliphatic rings. The highest BCUT2D eigenvalue weighted by atomic mass is 32.2. The first-order chi connectivity index (χ1) is 19.8. The standard InChI is InChI=1S/C29H26N6O4S2/c30-41(38,39)20-11-9-18(10-12-20)13-14-31-26(36)17-40-29-34-24-8-4-2-6-22(24)27-33-25(28(37)35(27)29)15-19-16-32-23-7-3-1-5-21(19)23/h1-12,16,25,32H,13-15,17H2,(H,31,36)(H2,30,38,39). The molecule has 4 N–H and O–H groups in total. The minimum Gasteiger partial charge on any atom is -0.361 e. The molecule has 2 amide bonds. The highest BCUT2D eigenvalue weighted by Gasteiger charge is 2.41. The number of nitrogens with one attached hydrogen (secondary N) is 2. The van der Waals surface area contributed by atoms with E-state index in [-0.39, 0.29) is 22.5 Å². The van der Waals surface area contributed by atoms with Crippen LogP contribution in [0.3, 0.4) is 0 Å². The van der Waals surface area contributed by atoms with Crippen molar-refractivity contribution in [2.75, 3.05) is 12.3 Å². The molecule has 3 aromatic carbocycles. The number of amidine groups is 2. The highest BCUT2D eigenvalue weighted by Crippen LogP contribution is 2.34. The van der Waals surface area contributed by atoms with Gasteiger partial charge >= 0.3 is 0 Å². The molecule has 0 fully saturated rings. The summed E-state index contributed by atoms with van der Waals surface area (Å²) in [7, 11) is -3.75. The van der Waals surface area contributed by atoms with Crippen LogP contribution < -0.4 is 10.5 Å². The lowest BCUT2D eigenvalue weighted by Gasteiger charge is -2.25. The minimum atomic E-state index is -3.75. The van der Waals surface area contributed by atoms with Gasteiger partial charge in [-0.3, -0.25) is 14.6 Å². The van der Waals surface area contributed by atoms with Crippen LogP contribution in [-0.2, 0) is 32.5 Å². The van der Waals surface area contributed by atoms with E-state index in [0.717, 1.165) is 27.6 Å². The Bertz CT molecular complexity index is 1830. The maximum atomic E-state index is 13.6. The number of H-pyrrole nitrogens is 1. The van der Waals surface area contributed by atoms with Crippen LogP contribution in [-0.4, -0.2) is 59.5 Å². The van der Waals surface area contributed by atoms with Crippen LogP contribution in [0.4, 0.5) is 5.69 Å². The van der Waals surface area contributed by atoms with Gasteiger partial charge in [-0.25, -0.2) is 23.4 Å². The third kappa shape index (κ3) is 5.53. The average molecular weight is 587 g/mol. The summed E-state index contributed by atoms with van der Waals surface area (Å²) in [6.07, 6.45) is 2.89. The first-order valence-electron chi connectivity index (χ1n) is 12.9. The summed E-state index contributed by atoms with van der Waals surface area (Å²) in [4.78, 5) is 40.7. The largest absolute Gasteiger partial charge is 0.361 e. The number of carbonyl (C=O) groups excluding carboxylic acids is 2. The summed E-state index contributed by atoms with van der Waals surface area (Å²) in [5.74, 6) is 0.235. The number of sulfonamides is 1. The number of hydrogen-bond acceptors (Lipinski definition) is 7. The molecule has 10 nitrogen and oxygen atoms in total. The lowest BCUT2D eigenvalue weighted by Crippen LogP contribution is -2.42.